The van der Waals surface area contributed by atoms with Crippen LogP contribution in [0.1, 0.15) is 44.1 Å². The van der Waals surface area contributed by atoms with E-state index in [0.717, 1.165) is 34.1 Å². The maximum atomic E-state index is 12.4. The molecule has 0 radical (unpaired) electrons. The number of nitrogens with one attached hydrogen (secondary N) is 1. The third-order valence-electron chi connectivity index (χ3n) is 5.89. The number of rotatable bonds is 5. The van der Waals surface area contributed by atoms with Crippen LogP contribution in [0, 0.1) is 17.8 Å². The molecule has 1 N–H and O–H groups in total. The van der Waals surface area contributed by atoms with Gasteiger partial charge in [0, 0.05) is 16.3 Å². The van der Waals surface area contributed by atoms with Gasteiger partial charge in [0.1, 0.15) is 0 Å². The molecule has 4 heteroatoms. The van der Waals surface area contributed by atoms with Gasteiger partial charge in [-0.1, -0.05) is 29.8 Å². The van der Waals surface area contributed by atoms with Crippen molar-refractivity contribution < 1.29 is 4.79 Å². The summed E-state index contributed by atoms with van der Waals surface area (Å²) in [4.78, 5) is 12.4. The number of amides is 1. The van der Waals surface area contributed by atoms with Gasteiger partial charge in [0.05, 0.1) is 5.75 Å². The fourth-order valence-electron chi connectivity index (χ4n) is 5.46. The van der Waals surface area contributed by atoms with E-state index in [1.807, 2.05) is 24.3 Å². The summed E-state index contributed by atoms with van der Waals surface area (Å²) in [5.74, 6) is 4.16. The molecule has 0 saturated heterocycles. The van der Waals surface area contributed by atoms with Crippen LogP contribution in [0.2, 0.25) is 5.02 Å². The number of carbonyl (C=O) groups excluding carboxylic acids is 1. The topological polar surface area (TPSA) is 29.1 Å². The molecule has 5 rings (SSSR count). The van der Waals surface area contributed by atoms with E-state index in [0.29, 0.717) is 5.75 Å². The van der Waals surface area contributed by atoms with Crippen LogP contribution in [-0.4, -0.2) is 17.2 Å². The van der Waals surface area contributed by atoms with E-state index < -0.39 is 0 Å². The maximum absolute atomic E-state index is 12.4. The second-order valence-electron chi connectivity index (χ2n) is 7.83. The third kappa shape index (κ3) is 3.41. The van der Waals surface area contributed by atoms with Crippen molar-refractivity contribution in [2.75, 3.05) is 5.75 Å². The molecule has 0 aromatic heterocycles. The van der Waals surface area contributed by atoms with Crippen LogP contribution < -0.4 is 5.32 Å². The molecule has 4 saturated carbocycles. The molecule has 4 bridgehead atoms. The van der Waals surface area contributed by atoms with Crippen molar-refractivity contribution in [1.82, 2.24) is 5.32 Å². The van der Waals surface area contributed by atoms with Crippen LogP contribution >= 0.6 is 23.4 Å². The van der Waals surface area contributed by atoms with Gasteiger partial charge in [0.25, 0.3) is 0 Å². The minimum absolute atomic E-state index is 0.136. The Balaban J connectivity index is 1.30. The standard InChI is InChI=1S/C19H24ClNOS/c20-17-4-2-1-3-16(17)11-23-12-18(22)21-19-8-13-5-14(9-19)7-15(6-13)10-19/h1-4,13-15H,5-12H2,(H,21,22). The highest BCUT2D eigenvalue weighted by Gasteiger charge is 2.51. The Hall–Kier alpha value is -0.670. The zero-order valence-electron chi connectivity index (χ0n) is 13.4. The second-order valence-corrected chi connectivity index (χ2v) is 9.22. The van der Waals surface area contributed by atoms with Gasteiger partial charge in [-0.2, -0.15) is 0 Å². The largest absolute Gasteiger partial charge is 0.350 e. The zero-order chi connectivity index (χ0) is 15.9. The molecule has 0 spiro atoms. The van der Waals surface area contributed by atoms with E-state index in [9.17, 15) is 4.79 Å². The van der Waals surface area contributed by atoms with Crippen LogP contribution in [0.4, 0.5) is 0 Å². The summed E-state index contributed by atoms with van der Waals surface area (Å²) in [6.45, 7) is 0. The summed E-state index contributed by atoms with van der Waals surface area (Å²) in [7, 11) is 0. The molecule has 1 amide bonds. The molecule has 4 fully saturated rings. The molecule has 2 nitrogen and oxygen atoms in total. The smallest absolute Gasteiger partial charge is 0.230 e. The van der Waals surface area contributed by atoms with Gasteiger partial charge in [-0.3, -0.25) is 4.79 Å². The Bertz CT molecular complexity index is 568. The van der Waals surface area contributed by atoms with Gasteiger partial charge in [0.15, 0.2) is 0 Å². The molecule has 124 valence electrons. The third-order valence-corrected chi connectivity index (χ3v) is 7.24. The number of thioether (sulfide) groups is 1. The minimum Gasteiger partial charge on any atom is -0.350 e. The van der Waals surface area contributed by atoms with Crippen LogP contribution in [0.3, 0.4) is 0 Å². The molecular weight excluding hydrogens is 326 g/mol. The van der Waals surface area contributed by atoms with Crippen LogP contribution in [0.15, 0.2) is 24.3 Å². The highest BCUT2D eigenvalue weighted by atomic mass is 35.5. The van der Waals surface area contributed by atoms with Crippen LogP contribution in [0.25, 0.3) is 0 Å². The molecule has 23 heavy (non-hydrogen) atoms. The monoisotopic (exact) mass is 349 g/mol. The Labute approximate surface area is 147 Å². The average Bonchev–Trinajstić information content (AvgIpc) is 2.47. The Kier molecular flexibility index (Phi) is 4.36. The normalized spacial score (nSPS) is 34.6. The van der Waals surface area contributed by atoms with E-state index in [2.05, 4.69) is 5.32 Å². The molecule has 0 aliphatic heterocycles. The summed E-state index contributed by atoms with van der Waals surface area (Å²) in [5.41, 5.74) is 1.25. The number of carbonyl (C=O) groups is 1. The predicted molar refractivity (Wildman–Crippen MR) is 96.7 cm³/mol. The van der Waals surface area contributed by atoms with Crippen molar-refractivity contribution in [3.63, 3.8) is 0 Å². The van der Waals surface area contributed by atoms with E-state index >= 15 is 0 Å². The lowest BCUT2D eigenvalue weighted by Gasteiger charge is -2.56. The lowest BCUT2D eigenvalue weighted by Crippen LogP contribution is -2.60. The lowest BCUT2D eigenvalue weighted by atomic mass is 9.53. The van der Waals surface area contributed by atoms with Gasteiger partial charge in [0.2, 0.25) is 5.91 Å². The Morgan fingerprint density at radius 2 is 1.74 bits per heavy atom. The summed E-state index contributed by atoms with van der Waals surface area (Å²) in [5, 5.41) is 4.23. The Morgan fingerprint density at radius 1 is 1.13 bits per heavy atom. The second kappa shape index (κ2) is 6.33. The first-order valence-corrected chi connectivity index (χ1v) is 10.3. The van der Waals surface area contributed by atoms with Crippen molar-refractivity contribution in [2.24, 2.45) is 17.8 Å². The van der Waals surface area contributed by atoms with Gasteiger partial charge < -0.3 is 5.32 Å². The van der Waals surface area contributed by atoms with Gasteiger partial charge in [-0.15, -0.1) is 11.8 Å². The molecule has 0 unspecified atom stereocenters. The van der Waals surface area contributed by atoms with Gasteiger partial charge in [-0.25, -0.2) is 0 Å². The van der Waals surface area contributed by atoms with Crippen LogP contribution in [-0.2, 0) is 10.5 Å². The molecule has 1 aromatic carbocycles. The van der Waals surface area contributed by atoms with Crippen molar-refractivity contribution in [2.45, 2.75) is 49.8 Å². The van der Waals surface area contributed by atoms with Crippen LogP contribution in [0.5, 0.6) is 0 Å². The lowest BCUT2D eigenvalue weighted by molar-refractivity contribution is -0.124. The molecule has 4 aliphatic rings. The summed E-state index contributed by atoms with van der Waals surface area (Å²) < 4.78 is 0. The van der Waals surface area contributed by atoms with Crippen molar-refractivity contribution in [1.29, 1.82) is 0 Å². The van der Waals surface area contributed by atoms with Gasteiger partial charge >= 0.3 is 0 Å². The first kappa shape index (κ1) is 15.8. The molecular formula is C19H24ClNOS. The van der Waals surface area contributed by atoms with E-state index in [1.165, 1.54) is 38.5 Å². The Morgan fingerprint density at radius 3 is 2.35 bits per heavy atom. The highest BCUT2D eigenvalue weighted by Crippen LogP contribution is 2.55. The average molecular weight is 350 g/mol. The van der Waals surface area contributed by atoms with E-state index in [1.54, 1.807) is 11.8 Å². The maximum Gasteiger partial charge on any atom is 0.230 e. The quantitative estimate of drug-likeness (QED) is 0.837. The molecule has 4 aliphatic carbocycles. The predicted octanol–water partition coefficient (Wildman–Crippen LogP) is 4.66. The summed E-state index contributed by atoms with van der Waals surface area (Å²) in [6, 6.07) is 7.88. The number of hydrogen-bond acceptors (Lipinski definition) is 2. The first-order chi connectivity index (χ1) is 11.1. The summed E-state index contributed by atoms with van der Waals surface area (Å²) in [6.07, 6.45) is 7.91. The van der Waals surface area contributed by atoms with Crippen molar-refractivity contribution >= 4 is 29.3 Å². The zero-order valence-corrected chi connectivity index (χ0v) is 15.0. The fourth-order valence-corrected chi connectivity index (χ4v) is 6.58. The van der Waals surface area contributed by atoms with E-state index in [4.69, 9.17) is 11.6 Å². The van der Waals surface area contributed by atoms with Crippen molar-refractivity contribution in [3.05, 3.63) is 34.9 Å². The first-order valence-electron chi connectivity index (χ1n) is 8.74. The number of hydrogen-bond donors (Lipinski definition) is 1. The van der Waals surface area contributed by atoms with E-state index in [-0.39, 0.29) is 11.4 Å². The number of benzene rings is 1. The SMILES string of the molecule is O=C(CSCc1ccccc1Cl)NC12CC3CC(CC(C3)C1)C2. The number of halogens is 1. The van der Waals surface area contributed by atoms with Crippen molar-refractivity contribution in [3.8, 4) is 0 Å². The fraction of sp³-hybridized carbons (Fsp3) is 0.632. The molecule has 0 heterocycles. The molecule has 0 atom stereocenters. The summed E-state index contributed by atoms with van der Waals surface area (Å²) >= 11 is 7.83. The highest BCUT2D eigenvalue weighted by molar-refractivity contribution is 7.99. The van der Waals surface area contributed by atoms with Gasteiger partial charge in [-0.05, 0) is 67.9 Å². The molecule has 1 aromatic rings. The minimum atomic E-state index is 0.136.